The Morgan fingerprint density at radius 2 is 1.68 bits per heavy atom. The minimum absolute atomic E-state index is 0.107. The van der Waals surface area contributed by atoms with Crippen molar-refractivity contribution in [1.82, 2.24) is 9.66 Å². The van der Waals surface area contributed by atoms with Crippen molar-refractivity contribution in [3.63, 3.8) is 0 Å². The Kier molecular flexibility index (Phi) is 2.10. The van der Waals surface area contributed by atoms with Crippen molar-refractivity contribution < 1.29 is 0 Å². The summed E-state index contributed by atoms with van der Waals surface area (Å²) < 4.78 is 0.935. The molecule has 4 saturated carbocycles. The molecule has 0 aliphatic heterocycles. The van der Waals surface area contributed by atoms with E-state index in [0.717, 1.165) is 28.1 Å². The summed E-state index contributed by atoms with van der Waals surface area (Å²) in [5.41, 5.74) is 6.54. The predicted molar refractivity (Wildman–Crippen MR) is 72.9 cm³/mol. The fourth-order valence-electron chi connectivity index (χ4n) is 5.20. The SMILES string of the molecule is Nc1nc(C23CC4CC(CC(C4)C2)C3)cc(=O)n1N. The van der Waals surface area contributed by atoms with Crippen LogP contribution in [-0.2, 0) is 5.41 Å². The summed E-state index contributed by atoms with van der Waals surface area (Å²) in [6, 6.07) is 1.61. The van der Waals surface area contributed by atoms with Gasteiger partial charge in [0, 0.05) is 11.5 Å². The van der Waals surface area contributed by atoms with E-state index in [1.54, 1.807) is 6.07 Å². The van der Waals surface area contributed by atoms with E-state index in [2.05, 4.69) is 4.98 Å². The molecular weight excluding hydrogens is 240 g/mol. The van der Waals surface area contributed by atoms with Crippen molar-refractivity contribution in [3.8, 4) is 0 Å². The topological polar surface area (TPSA) is 86.9 Å². The van der Waals surface area contributed by atoms with E-state index in [-0.39, 0.29) is 16.9 Å². The van der Waals surface area contributed by atoms with Gasteiger partial charge >= 0.3 is 0 Å². The highest BCUT2D eigenvalue weighted by Gasteiger charge is 2.52. The maximum absolute atomic E-state index is 11.9. The summed E-state index contributed by atoms with van der Waals surface area (Å²) in [4.78, 5) is 16.3. The maximum atomic E-state index is 11.9. The average molecular weight is 260 g/mol. The van der Waals surface area contributed by atoms with Crippen LogP contribution < -0.4 is 17.1 Å². The first kappa shape index (κ1) is 11.3. The molecule has 0 saturated heterocycles. The third-order valence-electron chi connectivity index (χ3n) is 5.56. The fourth-order valence-corrected chi connectivity index (χ4v) is 5.20. The van der Waals surface area contributed by atoms with Crippen LogP contribution in [0.4, 0.5) is 5.95 Å². The van der Waals surface area contributed by atoms with Crippen molar-refractivity contribution in [2.24, 2.45) is 17.8 Å². The van der Waals surface area contributed by atoms with Crippen LogP contribution in [0.5, 0.6) is 0 Å². The van der Waals surface area contributed by atoms with Crippen LogP contribution in [0.1, 0.15) is 44.2 Å². The van der Waals surface area contributed by atoms with Crippen molar-refractivity contribution in [3.05, 3.63) is 22.1 Å². The van der Waals surface area contributed by atoms with Gasteiger partial charge in [-0.2, -0.15) is 4.68 Å². The molecule has 4 bridgehead atoms. The zero-order chi connectivity index (χ0) is 13.2. The molecule has 0 unspecified atom stereocenters. The number of nitrogens with two attached hydrogens (primary N) is 2. The van der Waals surface area contributed by atoms with E-state index in [1.165, 1.54) is 38.5 Å². The lowest BCUT2D eigenvalue weighted by Crippen LogP contribution is -2.49. The van der Waals surface area contributed by atoms with E-state index >= 15 is 0 Å². The second-order valence-electron chi connectivity index (χ2n) is 6.91. The van der Waals surface area contributed by atoms with Crippen LogP contribution >= 0.6 is 0 Å². The van der Waals surface area contributed by atoms with Gasteiger partial charge < -0.3 is 11.6 Å². The van der Waals surface area contributed by atoms with Crippen LogP contribution in [-0.4, -0.2) is 9.66 Å². The van der Waals surface area contributed by atoms with Gasteiger partial charge in [0.1, 0.15) is 0 Å². The van der Waals surface area contributed by atoms with E-state index in [0.29, 0.717) is 0 Å². The minimum Gasteiger partial charge on any atom is -0.368 e. The number of nitrogen functional groups attached to an aromatic ring is 2. The van der Waals surface area contributed by atoms with E-state index < -0.39 is 0 Å². The van der Waals surface area contributed by atoms with Gasteiger partial charge in [-0.1, -0.05) is 0 Å². The van der Waals surface area contributed by atoms with Crippen LogP contribution in [0.25, 0.3) is 0 Å². The summed E-state index contributed by atoms with van der Waals surface area (Å²) in [6.45, 7) is 0. The van der Waals surface area contributed by atoms with Crippen LogP contribution in [0, 0.1) is 17.8 Å². The molecule has 0 atom stereocenters. The first-order valence-corrected chi connectivity index (χ1v) is 7.21. The van der Waals surface area contributed by atoms with Gasteiger partial charge in [-0.05, 0) is 56.3 Å². The smallest absolute Gasteiger partial charge is 0.273 e. The van der Waals surface area contributed by atoms with Gasteiger partial charge in [-0.25, -0.2) is 4.98 Å². The molecule has 5 nitrogen and oxygen atoms in total. The second kappa shape index (κ2) is 3.52. The van der Waals surface area contributed by atoms with Crippen molar-refractivity contribution in [2.75, 3.05) is 11.6 Å². The zero-order valence-corrected chi connectivity index (χ0v) is 11.0. The first-order valence-electron chi connectivity index (χ1n) is 7.21. The van der Waals surface area contributed by atoms with Crippen LogP contribution in [0.3, 0.4) is 0 Å². The normalized spacial score (nSPS) is 39.7. The molecule has 1 aromatic heterocycles. The Labute approximate surface area is 112 Å². The highest BCUT2D eigenvalue weighted by molar-refractivity contribution is 5.28. The molecule has 0 spiro atoms. The van der Waals surface area contributed by atoms with Crippen molar-refractivity contribution >= 4 is 5.95 Å². The monoisotopic (exact) mass is 260 g/mol. The van der Waals surface area contributed by atoms with E-state index in [1.807, 2.05) is 0 Å². The van der Waals surface area contributed by atoms with Gasteiger partial charge in [0.2, 0.25) is 5.95 Å². The standard InChI is InChI=1S/C14H20N4O/c15-13-17-11(4-12(19)18(13)16)14-5-8-1-9(6-14)3-10(2-8)7-14/h4,8-10H,1-3,5-7,16H2,(H2,15,17). The lowest BCUT2D eigenvalue weighted by atomic mass is 9.49. The molecular formula is C14H20N4O. The molecule has 5 heteroatoms. The molecule has 102 valence electrons. The molecule has 1 aromatic rings. The van der Waals surface area contributed by atoms with Gasteiger partial charge in [0.15, 0.2) is 0 Å². The lowest BCUT2D eigenvalue weighted by Gasteiger charge is -2.56. The Morgan fingerprint density at radius 3 is 2.16 bits per heavy atom. The Bertz CT molecular complexity index is 556. The Morgan fingerprint density at radius 1 is 1.16 bits per heavy atom. The average Bonchev–Trinajstić information content (AvgIpc) is 2.33. The number of hydrogen-bond acceptors (Lipinski definition) is 4. The third kappa shape index (κ3) is 1.53. The summed E-state index contributed by atoms with van der Waals surface area (Å²) in [6.07, 6.45) is 7.67. The molecule has 19 heavy (non-hydrogen) atoms. The largest absolute Gasteiger partial charge is 0.368 e. The molecule has 0 amide bonds. The molecule has 0 aromatic carbocycles. The second-order valence-corrected chi connectivity index (χ2v) is 6.91. The number of nitrogens with zero attached hydrogens (tertiary/aromatic N) is 2. The quantitative estimate of drug-likeness (QED) is 0.738. The summed E-state index contributed by atoms with van der Waals surface area (Å²) in [5.74, 6) is 8.18. The number of aromatic nitrogens is 2. The molecule has 1 heterocycles. The highest BCUT2D eigenvalue weighted by atomic mass is 16.1. The van der Waals surface area contributed by atoms with Gasteiger partial charge in [-0.15, -0.1) is 0 Å². The molecule has 4 fully saturated rings. The number of anilines is 1. The highest BCUT2D eigenvalue weighted by Crippen LogP contribution is 2.60. The van der Waals surface area contributed by atoms with Gasteiger partial charge in [0.05, 0.1) is 5.69 Å². The number of rotatable bonds is 1. The number of hydrogen-bond donors (Lipinski definition) is 2. The van der Waals surface area contributed by atoms with Crippen molar-refractivity contribution in [2.45, 2.75) is 43.9 Å². The van der Waals surface area contributed by atoms with Gasteiger partial charge in [-0.3, -0.25) is 4.79 Å². The molecule has 4 aliphatic carbocycles. The minimum atomic E-state index is -0.238. The third-order valence-corrected chi connectivity index (χ3v) is 5.56. The van der Waals surface area contributed by atoms with Crippen LogP contribution in [0.2, 0.25) is 0 Å². The van der Waals surface area contributed by atoms with Crippen molar-refractivity contribution in [1.29, 1.82) is 0 Å². The zero-order valence-electron chi connectivity index (χ0n) is 11.0. The molecule has 4 N–H and O–H groups in total. The molecule has 4 aliphatic rings. The van der Waals surface area contributed by atoms with Gasteiger partial charge in [0.25, 0.3) is 5.56 Å². The summed E-state index contributed by atoms with van der Waals surface area (Å²) in [7, 11) is 0. The predicted octanol–water partition coefficient (Wildman–Crippen LogP) is 1.01. The Hall–Kier alpha value is -1.52. The Balaban J connectivity index is 1.82. The van der Waals surface area contributed by atoms with E-state index in [4.69, 9.17) is 11.6 Å². The maximum Gasteiger partial charge on any atom is 0.273 e. The molecule has 0 radical (unpaired) electrons. The van der Waals surface area contributed by atoms with E-state index in [9.17, 15) is 4.79 Å². The fraction of sp³-hybridized carbons (Fsp3) is 0.714. The van der Waals surface area contributed by atoms with Crippen LogP contribution in [0.15, 0.2) is 10.9 Å². The summed E-state index contributed by atoms with van der Waals surface area (Å²) >= 11 is 0. The summed E-state index contributed by atoms with van der Waals surface area (Å²) in [5, 5.41) is 0. The molecule has 5 rings (SSSR count). The first-order chi connectivity index (χ1) is 9.06. The lowest BCUT2D eigenvalue weighted by molar-refractivity contribution is -0.00727.